The molecule has 8 heteroatoms. The molecule has 0 aliphatic carbocycles. The number of amides is 1. The fourth-order valence-corrected chi connectivity index (χ4v) is 3.24. The zero-order valence-electron chi connectivity index (χ0n) is 12.7. The second kappa shape index (κ2) is 6.83. The molecule has 0 saturated carbocycles. The van der Waals surface area contributed by atoms with E-state index in [1.807, 2.05) is 0 Å². The van der Waals surface area contributed by atoms with Gasteiger partial charge in [-0.15, -0.1) is 0 Å². The molecule has 2 aromatic rings. The molecule has 1 saturated heterocycles. The number of likely N-dealkylation sites (tertiary alicyclic amines) is 1. The van der Waals surface area contributed by atoms with Gasteiger partial charge in [0, 0.05) is 24.3 Å². The third kappa shape index (κ3) is 3.39. The van der Waals surface area contributed by atoms with Crippen molar-refractivity contribution in [3.8, 4) is 5.69 Å². The van der Waals surface area contributed by atoms with Crippen molar-refractivity contribution in [1.29, 1.82) is 0 Å². The fourth-order valence-electron chi connectivity index (χ4n) is 2.74. The minimum Gasteiger partial charge on any atom is -0.481 e. The van der Waals surface area contributed by atoms with Crippen LogP contribution in [0.3, 0.4) is 0 Å². The number of carboxylic acids is 1. The van der Waals surface area contributed by atoms with Crippen LogP contribution in [0.5, 0.6) is 0 Å². The van der Waals surface area contributed by atoms with Crippen LogP contribution in [-0.4, -0.2) is 44.8 Å². The lowest BCUT2D eigenvalue weighted by atomic mass is 9.97. The monoisotopic (exact) mass is 367 g/mol. The molecular formula is C16H15Cl2N3O3. The van der Waals surface area contributed by atoms with Gasteiger partial charge in [-0.05, 0) is 31.0 Å². The first-order chi connectivity index (χ1) is 11.5. The maximum absolute atomic E-state index is 12.5. The molecule has 24 heavy (non-hydrogen) atoms. The van der Waals surface area contributed by atoms with E-state index in [4.69, 9.17) is 28.3 Å². The Morgan fingerprint density at radius 3 is 2.54 bits per heavy atom. The van der Waals surface area contributed by atoms with E-state index in [9.17, 15) is 9.59 Å². The van der Waals surface area contributed by atoms with Crippen molar-refractivity contribution in [2.24, 2.45) is 5.92 Å². The molecule has 1 aromatic carbocycles. The van der Waals surface area contributed by atoms with E-state index >= 15 is 0 Å². The number of hydrogen-bond acceptors (Lipinski definition) is 3. The minimum atomic E-state index is -0.799. The Balaban J connectivity index is 1.74. The summed E-state index contributed by atoms with van der Waals surface area (Å²) < 4.78 is 1.52. The number of carbonyl (C=O) groups excluding carboxylic acids is 1. The molecular weight excluding hydrogens is 353 g/mol. The van der Waals surface area contributed by atoms with Gasteiger partial charge in [0.1, 0.15) is 0 Å². The van der Waals surface area contributed by atoms with Gasteiger partial charge in [0.2, 0.25) is 0 Å². The lowest BCUT2D eigenvalue weighted by Crippen LogP contribution is -2.40. The normalized spacial score (nSPS) is 15.5. The van der Waals surface area contributed by atoms with Gasteiger partial charge >= 0.3 is 5.97 Å². The van der Waals surface area contributed by atoms with E-state index in [0.29, 0.717) is 47.2 Å². The smallest absolute Gasteiger partial charge is 0.306 e. The van der Waals surface area contributed by atoms with E-state index in [1.165, 1.54) is 10.9 Å². The molecule has 1 aliphatic heterocycles. The van der Waals surface area contributed by atoms with Crippen LogP contribution >= 0.6 is 23.2 Å². The third-order valence-corrected chi connectivity index (χ3v) is 4.66. The van der Waals surface area contributed by atoms with E-state index in [1.54, 1.807) is 29.3 Å². The Labute approximate surface area is 148 Å². The van der Waals surface area contributed by atoms with Gasteiger partial charge in [0.05, 0.1) is 28.4 Å². The molecule has 0 unspecified atom stereocenters. The number of nitrogens with zero attached hydrogens (tertiary/aromatic N) is 3. The van der Waals surface area contributed by atoms with Crippen molar-refractivity contribution in [1.82, 2.24) is 14.7 Å². The summed E-state index contributed by atoms with van der Waals surface area (Å²) in [5, 5.41) is 14.2. The first-order valence-corrected chi connectivity index (χ1v) is 8.23. The number of aromatic nitrogens is 2. The van der Waals surface area contributed by atoms with Gasteiger partial charge in [-0.3, -0.25) is 9.59 Å². The molecule has 1 fully saturated rings. The second-order valence-electron chi connectivity index (χ2n) is 5.67. The second-order valence-corrected chi connectivity index (χ2v) is 6.52. The molecule has 1 aromatic heterocycles. The van der Waals surface area contributed by atoms with Crippen molar-refractivity contribution in [3.63, 3.8) is 0 Å². The number of piperidine rings is 1. The van der Waals surface area contributed by atoms with Crippen LogP contribution in [-0.2, 0) is 4.79 Å². The molecule has 126 valence electrons. The first-order valence-electron chi connectivity index (χ1n) is 7.48. The van der Waals surface area contributed by atoms with Crippen LogP contribution in [0.4, 0.5) is 0 Å². The quantitative estimate of drug-likeness (QED) is 0.903. The van der Waals surface area contributed by atoms with E-state index in [-0.39, 0.29) is 11.8 Å². The Morgan fingerprint density at radius 2 is 1.92 bits per heavy atom. The SMILES string of the molecule is O=C(O)C1CCN(C(=O)c2cnn(-c3ccc(Cl)cc3Cl)c2)CC1. The molecule has 0 radical (unpaired) electrons. The van der Waals surface area contributed by atoms with Gasteiger partial charge in [-0.1, -0.05) is 23.2 Å². The summed E-state index contributed by atoms with van der Waals surface area (Å²) in [7, 11) is 0. The molecule has 0 atom stereocenters. The Morgan fingerprint density at radius 1 is 1.21 bits per heavy atom. The number of benzene rings is 1. The molecule has 2 heterocycles. The maximum Gasteiger partial charge on any atom is 0.306 e. The lowest BCUT2D eigenvalue weighted by Gasteiger charge is -2.29. The standard InChI is InChI=1S/C16H15Cl2N3O3/c17-12-1-2-14(13(18)7-12)21-9-11(8-19-21)15(22)20-5-3-10(4-6-20)16(23)24/h1-2,7-10H,3-6H2,(H,23,24). The van der Waals surface area contributed by atoms with E-state index < -0.39 is 5.97 Å². The Bertz CT molecular complexity index is 783. The summed E-state index contributed by atoms with van der Waals surface area (Å²) in [5.74, 6) is -1.33. The molecule has 0 spiro atoms. The van der Waals surface area contributed by atoms with Crippen molar-refractivity contribution >= 4 is 35.1 Å². The number of aliphatic carboxylic acids is 1. The van der Waals surface area contributed by atoms with Gasteiger partial charge in [0.25, 0.3) is 5.91 Å². The average Bonchev–Trinajstić information content (AvgIpc) is 3.04. The van der Waals surface area contributed by atoms with Crippen LogP contribution in [0.15, 0.2) is 30.6 Å². The highest BCUT2D eigenvalue weighted by Gasteiger charge is 2.28. The van der Waals surface area contributed by atoms with E-state index in [2.05, 4.69) is 5.10 Å². The summed E-state index contributed by atoms with van der Waals surface area (Å²) in [6.07, 6.45) is 4.04. The van der Waals surface area contributed by atoms with Crippen LogP contribution in [0.2, 0.25) is 10.0 Å². The molecule has 1 aliphatic rings. The molecule has 1 N–H and O–H groups in total. The molecule has 6 nitrogen and oxygen atoms in total. The Hall–Kier alpha value is -2.05. The van der Waals surface area contributed by atoms with Crippen molar-refractivity contribution in [2.75, 3.05) is 13.1 Å². The van der Waals surface area contributed by atoms with Crippen LogP contribution in [0.1, 0.15) is 23.2 Å². The van der Waals surface area contributed by atoms with Crippen LogP contribution in [0.25, 0.3) is 5.69 Å². The largest absolute Gasteiger partial charge is 0.481 e. The summed E-state index contributed by atoms with van der Waals surface area (Å²) >= 11 is 12.0. The highest BCUT2D eigenvalue weighted by molar-refractivity contribution is 6.35. The van der Waals surface area contributed by atoms with Crippen molar-refractivity contribution < 1.29 is 14.7 Å². The summed E-state index contributed by atoms with van der Waals surface area (Å²) in [6.45, 7) is 0.866. The Kier molecular flexibility index (Phi) is 4.78. The lowest BCUT2D eigenvalue weighted by molar-refractivity contribution is -0.143. The molecule has 3 rings (SSSR count). The van der Waals surface area contributed by atoms with E-state index in [0.717, 1.165) is 0 Å². The van der Waals surface area contributed by atoms with Crippen LogP contribution in [0, 0.1) is 5.92 Å². The summed E-state index contributed by atoms with van der Waals surface area (Å²) in [4.78, 5) is 25.2. The molecule has 0 bridgehead atoms. The van der Waals surface area contributed by atoms with Gasteiger partial charge < -0.3 is 10.0 Å². The predicted molar refractivity (Wildman–Crippen MR) is 89.8 cm³/mol. The highest BCUT2D eigenvalue weighted by atomic mass is 35.5. The minimum absolute atomic E-state index is 0.157. The van der Waals surface area contributed by atoms with Gasteiger partial charge in [-0.2, -0.15) is 5.10 Å². The number of halogens is 2. The topological polar surface area (TPSA) is 75.4 Å². The summed E-state index contributed by atoms with van der Waals surface area (Å²) in [5.41, 5.74) is 1.07. The first kappa shape index (κ1) is 16.8. The highest BCUT2D eigenvalue weighted by Crippen LogP contribution is 2.25. The molecule has 1 amide bonds. The van der Waals surface area contributed by atoms with Crippen LogP contribution < -0.4 is 0 Å². The van der Waals surface area contributed by atoms with Gasteiger partial charge in [-0.25, -0.2) is 4.68 Å². The number of rotatable bonds is 3. The average molecular weight is 368 g/mol. The summed E-state index contributed by atoms with van der Waals surface area (Å²) in [6, 6.07) is 5.03. The third-order valence-electron chi connectivity index (χ3n) is 4.12. The maximum atomic E-state index is 12.5. The zero-order valence-corrected chi connectivity index (χ0v) is 14.2. The van der Waals surface area contributed by atoms with Crippen molar-refractivity contribution in [2.45, 2.75) is 12.8 Å². The predicted octanol–water partition coefficient (Wildman–Crippen LogP) is 3.12. The number of carboxylic acid groups (broad SMARTS) is 1. The van der Waals surface area contributed by atoms with Gasteiger partial charge in [0.15, 0.2) is 0 Å². The fraction of sp³-hybridized carbons (Fsp3) is 0.312. The number of hydrogen-bond donors (Lipinski definition) is 1. The number of carbonyl (C=O) groups is 2. The zero-order chi connectivity index (χ0) is 17.3. The van der Waals surface area contributed by atoms with Crippen molar-refractivity contribution in [3.05, 3.63) is 46.2 Å².